The summed E-state index contributed by atoms with van der Waals surface area (Å²) >= 11 is 0. The van der Waals surface area contributed by atoms with Crippen LogP contribution in [0.5, 0.6) is 5.88 Å². The van der Waals surface area contributed by atoms with Gasteiger partial charge in [-0.15, -0.1) is 0 Å². The summed E-state index contributed by atoms with van der Waals surface area (Å²) in [5.74, 6) is 0.642. The Morgan fingerprint density at radius 2 is 2.00 bits per heavy atom. The number of pyridine rings is 1. The van der Waals surface area contributed by atoms with E-state index in [1.54, 1.807) is 13.3 Å². The number of hydrogen-bond acceptors (Lipinski definition) is 4. The largest absolute Gasteiger partial charge is 0.481 e. The van der Waals surface area contributed by atoms with E-state index in [9.17, 15) is 0 Å². The molecule has 2 rings (SSSR count). The second-order valence-electron chi connectivity index (χ2n) is 4.19. The molecule has 0 aliphatic carbocycles. The van der Waals surface area contributed by atoms with Crippen LogP contribution < -0.4 is 9.64 Å². The van der Waals surface area contributed by atoms with E-state index in [1.807, 2.05) is 43.4 Å². The third-order valence-electron chi connectivity index (χ3n) is 2.89. The Bertz CT molecular complexity index is 587. The number of ether oxygens (including phenoxy) is 1. The van der Waals surface area contributed by atoms with Crippen LogP contribution in [0.4, 0.5) is 5.69 Å². The van der Waals surface area contributed by atoms with Gasteiger partial charge in [-0.05, 0) is 30.3 Å². The minimum absolute atomic E-state index is 0.642. The van der Waals surface area contributed by atoms with Crippen LogP contribution in [0.3, 0.4) is 0 Å². The van der Waals surface area contributed by atoms with E-state index in [-0.39, 0.29) is 0 Å². The van der Waals surface area contributed by atoms with Crippen molar-refractivity contribution >= 4 is 5.69 Å². The van der Waals surface area contributed by atoms with Crippen LogP contribution >= 0.6 is 0 Å². The quantitative estimate of drug-likeness (QED) is 0.840. The molecule has 0 radical (unpaired) electrons. The van der Waals surface area contributed by atoms with Crippen LogP contribution in [-0.4, -0.2) is 19.1 Å². The van der Waals surface area contributed by atoms with E-state index in [2.05, 4.69) is 16.0 Å². The van der Waals surface area contributed by atoms with Crippen LogP contribution in [-0.2, 0) is 6.54 Å². The molecule has 0 atom stereocenters. The van der Waals surface area contributed by atoms with E-state index < -0.39 is 0 Å². The number of aromatic nitrogens is 1. The first-order chi connectivity index (χ1) is 9.24. The molecule has 1 aromatic heterocycles. The normalized spacial score (nSPS) is 9.74. The van der Waals surface area contributed by atoms with Gasteiger partial charge in [0.05, 0.1) is 18.7 Å². The standard InChI is InChI=1S/C15H15N3O/c1-18(14-7-5-12(10-16)6-8-14)11-13-4-3-9-17-15(13)19-2/h3-9H,11H2,1-2H3. The first kappa shape index (κ1) is 12.9. The minimum atomic E-state index is 0.642. The van der Waals surface area contributed by atoms with Gasteiger partial charge in [-0.2, -0.15) is 5.26 Å². The van der Waals surface area contributed by atoms with Crippen molar-refractivity contribution in [2.75, 3.05) is 19.1 Å². The summed E-state index contributed by atoms with van der Waals surface area (Å²) in [6, 6.07) is 13.5. The van der Waals surface area contributed by atoms with Gasteiger partial charge >= 0.3 is 0 Å². The van der Waals surface area contributed by atoms with Crippen molar-refractivity contribution in [2.45, 2.75) is 6.54 Å². The van der Waals surface area contributed by atoms with E-state index in [0.29, 0.717) is 18.0 Å². The van der Waals surface area contributed by atoms with Crippen LogP contribution in [0, 0.1) is 11.3 Å². The zero-order valence-electron chi connectivity index (χ0n) is 11.0. The highest BCUT2D eigenvalue weighted by molar-refractivity contribution is 5.49. The molecular weight excluding hydrogens is 238 g/mol. The van der Waals surface area contributed by atoms with Crippen LogP contribution in [0.1, 0.15) is 11.1 Å². The monoisotopic (exact) mass is 253 g/mol. The first-order valence-electron chi connectivity index (χ1n) is 5.94. The van der Waals surface area contributed by atoms with Crippen molar-refractivity contribution in [3.05, 3.63) is 53.7 Å². The molecule has 0 saturated heterocycles. The average Bonchev–Trinajstić information content (AvgIpc) is 2.48. The smallest absolute Gasteiger partial charge is 0.218 e. The first-order valence-corrected chi connectivity index (χ1v) is 5.94. The zero-order chi connectivity index (χ0) is 13.7. The molecule has 1 heterocycles. The number of nitrogens with zero attached hydrogens (tertiary/aromatic N) is 3. The molecule has 0 bridgehead atoms. The van der Waals surface area contributed by atoms with Gasteiger partial charge in [0, 0.05) is 31.0 Å². The molecule has 0 aliphatic heterocycles. The molecule has 0 amide bonds. The topological polar surface area (TPSA) is 49.1 Å². The lowest BCUT2D eigenvalue weighted by Gasteiger charge is -2.20. The number of methoxy groups -OCH3 is 1. The molecule has 0 saturated carbocycles. The lowest BCUT2D eigenvalue weighted by molar-refractivity contribution is 0.392. The van der Waals surface area contributed by atoms with Gasteiger partial charge in [-0.25, -0.2) is 4.98 Å². The Balaban J connectivity index is 2.16. The fourth-order valence-electron chi connectivity index (χ4n) is 1.87. The van der Waals surface area contributed by atoms with E-state index >= 15 is 0 Å². The van der Waals surface area contributed by atoms with Crippen LogP contribution in [0.15, 0.2) is 42.6 Å². The van der Waals surface area contributed by atoms with Gasteiger partial charge in [-0.1, -0.05) is 6.07 Å². The Hall–Kier alpha value is -2.54. The molecule has 0 spiro atoms. The zero-order valence-corrected chi connectivity index (χ0v) is 11.0. The molecule has 19 heavy (non-hydrogen) atoms. The maximum absolute atomic E-state index is 8.78. The van der Waals surface area contributed by atoms with Gasteiger partial charge < -0.3 is 9.64 Å². The lowest BCUT2D eigenvalue weighted by Crippen LogP contribution is -2.17. The number of anilines is 1. The van der Waals surface area contributed by atoms with Crippen LogP contribution in [0.2, 0.25) is 0 Å². The SMILES string of the molecule is COc1ncccc1CN(C)c1ccc(C#N)cc1. The molecule has 0 N–H and O–H groups in total. The number of nitriles is 1. The molecule has 0 unspecified atom stereocenters. The summed E-state index contributed by atoms with van der Waals surface area (Å²) in [6.45, 7) is 0.697. The van der Waals surface area contributed by atoms with E-state index in [4.69, 9.17) is 10.00 Å². The van der Waals surface area contributed by atoms with Gasteiger partial charge in [0.15, 0.2) is 0 Å². The Morgan fingerprint density at radius 1 is 1.26 bits per heavy atom. The molecule has 4 heteroatoms. The Labute approximate surface area is 112 Å². The van der Waals surface area contributed by atoms with Crippen molar-refractivity contribution in [3.63, 3.8) is 0 Å². The third kappa shape index (κ3) is 3.02. The molecule has 0 fully saturated rings. The maximum atomic E-state index is 8.78. The van der Waals surface area contributed by atoms with Gasteiger partial charge in [0.1, 0.15) is 0 Å². The lowest BCUT2D eigenvalue weighted by atomic mass is 10.2. The summed E-state index contributed by atoms with van der Waals surface area (Å²) in [6.07, 6.45) is 1.71. The molecule has 4 nitrogen and oxygen atoms in total. The Kier molecular flexibility index (Phi) is 3.99. The molecule has 0 aliphatic rings. The van der Waals surface area contributed by atoms with Crippen molar-refractivity contribution in [1.29, 1.82) is 5.26 Å². The van der Waals surface area contributed by atoms with Crippen molar-refractivity contribution in [3.8, 4) is 11.9 Å². The number of rotatable bonds is 4. The fourth-order valence-corrected chi connectivity index (χ4v) is 1.87. The highest BCUT2D eigenvalue weighted by Gasteiger charge is 2.07. The van der Waals surface area contributed by atoms with Gasteiger partial charge in [-0.3, -0.25) is 0 Å². The van der Waals surface area contributed by atoms with E-state index in [1.165, 1.54) is 0 Å². The number of hydrogen-bond donors (Lipinski definition) is 0. The number of benzene rings is 1. The van der Waals surface area contributed by atoms with Crippen molar-refractivity contribution < 1.29 is 4.74 Å². The molecular formula is C15H15N3O. The maximum Gasteiger partial charge on any atom is 0.218 e. The molecule has 2 aromatic rings. The highest BCUT2D eigenvalue weighted by atomic mass is 16.5. The predicted molar refractivity (Wildman–Crippen MR) is 74.1 cm³/mol. The molecule has 96 valence electrons. The second-order valence-corrected chi connectivity index (χ2v) is 4.19. The average molecular weight is 253 g/mol. The van der Waals surface area contributed by atoms with Gasteiger partial charge in [0.2, 0.25) is 5.88 Å². The fraction of sp³-hybridized carbons (Fsp3) is 0.200. The summed E-state index contributed by atoms with van der Waals surface area (Å²) in [7, 11) is 3.61. The van der Waals surface area contributed by atoms with Crippen molar-refractivity contribution in [1.82, 2.24) is 4.98 Å². The van der Waals surface area contributed by atoms with Crippen molar-refractivity contribution in [2.24, 2.45) is 0 Å². The summed E-state index contributed by atoms with van der Waals surface area (Å²) < 4.78 is 5.24. The third-order valence-corrected chi connectivity index (χ3v) is 2.89. The predicted octanol–water partition coefficient (Wildman–Crippen LogP) is 2.60. The summed E-state index contributed by atoms with van der Waals surface area (Å²) in [4.78, 5) is 6.26. The Morgan fingerprint density at radius 3 is 2.63 bits per heavy atom. The minimum Gasteiger partial charge on any atom is -0.481 e. The second kappa shape index (κ2) is 5.87. The van der Waals surface area contributed by atoms with E-state index in [0.717, 1.165) is 11.3 Å². The molecule has 1 aromatic carbocycles. The van der Waals surface area contributed by atoms with Crippen LogP contribution in [0.25, 0.3) is 0 Å². The summed E-state index contributed by atoms with van der Waals surface area (Å²) in [5.41, 5.74) is 2.73. The highest BCUT2D eigenvalue weighted by Crippen LogP contribution is 2.20. The van der Waals surface area contributed by atoms with Gasteiger partial charge in [0.25, 0.3) is 0 Å². The summed E-state index contributed by atoms with van der Waals surface area (Å²) in [5, 5.41) is 8.78.